The molecule has 0 spiro atoms. The summed E-state index contributed by atoms with van der Waals surface area (Å²) in [5.74, 6) is 0.932. The average Bonchev–Trinajstić information content (AvgIpc) is 3.34. The van der Waals surface area contributed by atoms with Gasteiger partial charge in [0.05, 0.1) is 23.0 Å². The Hall–Kier alpha value is -5.42. The van der Waals surface area contributed by atoms with Gasteiger partial charge in [-0.25, -0.2) is 4.98 Å². The minimum Gasteiger partial charge on any atom is -0.363 e. The largest absolute Gasteiger partial charge is 0.363 e. The highest BCUT2D eigenvalue weighted by Gasteiger charge is 2.21. The SMILES string of the molecule is C=C(c1ccccn1)[C@H](c1ccc(C2=CC=C(c3ccccn3)C=CC2)cc1)c1ccccn1.CN(C)c1ccccn1. The van der Waals surface area contributed by atoms with E-state index in [9.17, 15) is 0 Å². The predicted molar refractivity (Wildman–Crippen MR) is 178 cm³/mol. The molecule has 6 rings (SSSR count). The molecule has 0 N–H and O–H groups in total. The van der Waals surface area contributed by atoms with Crippen LogP contribution in [0.4, 0.5) is 5.82 Å². The van der Waals surface area contributed by atoms with Crippen molar-refractivity contribution in [1.82, 2.24) is 19.9 Å². The zero-order valence-corrected chi connectivity index (χ0v) is 24.6. The van der Waals surface area contributed by atoms with Crippen molar-refractivity contribution < 1.29 is 0 Å². The van der Waals surface area contributed by atoms with Crippen LogP contribution in [0, 0.1) is 0 Å². The van der Waals surface area contributed by atoms with E-state index in [1.807, 2.05) is 98.1 Å². The van der Waals surface area contributed by atoms with Crippen LogP contribution in [0.15, 0.2) is 153 Å². The van der Waals surface area contributed by atoms with Gasteiger partial charge in [-0.05, 0) is 82.8 Å². The number of anilines is 1. The second-order valence-electron chi connectivity index (χ2n) is 10.3. The lowest BCUT2D eigenvalue weighted by atomic mass is 9.86. The number of hydrogen-bond acceptors (Lipinski definition) is 5. The van der Waals surface area contributed by atoms with Gasteiger partial charge >= 0.3 is 0 Å². The van der Waals surface area contributed by atoms with E-state index in [-0.39, 0.29) is 5.92 Å². The van der Waals surface area contributed by atoms with Crippen LogP contribution in [0.25, 0.3) is 16.7 Å². The lowest BCUT2D eigenvalue weighted by molar-refractivity contribution is 0.964. The van der Waals surface area contributed by atoms with Gasteiger partial charge in [-0.2, -0.15) is 0 Å². The molecule has 4 aromatic heterocycles. The van der Waals surface area contributed by atoms with Crippen LogP contribution in [0.5, 0.6) is 0 Å². The number of aromatic nitrogens is 4. The molecule has 4 heterocycles. The molecule has 0 amide bonds. The molecular weight excluding hydrogens is 526 g/mol. The molecule has 0 fully saturated rings. The molecule has 43 heavy (non-hydrogen) atoms. The number of pyridine rings is 4. The summed E-state index contributed by atoms with van der Waals surface area (Å²) in [4.78, 5) is 19.7. The van der Waals surface area contributed by atoms with Crippen molar-refractivity contribution in [2.75, 3.05) is 19.0 Å². The van der Waals surface area contributed by atoms with Crippen LogP contribution < -0.4 is 4.90 Å². The average molecular weight is 562 g/mol. The third-order valence-electron chi connectivity index (χ3n) is 7.11. The maximum Gasteiger partial charge on any atom is 0.127 e. The number of allylic oxidation sites excluding steroid dienone is 7. The molecule has 5 heteroatoms. The molecule has 1 aliphatic carbocycles. The van der Waals surface area contributed by atoms with E-state index in [1.165, 1.54) is 11.1 Å². The fourth-order valence-electron chi connectivity index (χ4n) is 4.85. The van der Waals surface area contributed by atoms with E-state index in [0.29, 0.717) is 0 Å². The van der Waals surface area contributed by atoms with Crippen molar-refractivity contribution in [1.29, 1.82) is 0 Å². The zero-order chi connectivity index (χ0) is 29.9. The van der Waals surface area contributed by atoms with Crippen LogP contribution >= 0.6 is 0 Å². The Morgan fingerprint density at radius 1 is 0.698 bits per heavy atom. The molecular formula is C38H35N5. The minimum atomic E-state index is -0.0659. The molecule has 0 aliphatic heterocycles. The Bertz CT molecular complexity index is 1690. The van der Waals surface area contributed by atoms with Gasteiger partial charge in [0.15, 0.2) is 0 Å². The Balaban J connectivity index is 0.000000351. The first kappa shape index (κ1) is 29.1. The zero-order valence-electron chi connectivity index (χ0n) is 24.6. The van der Waals surface area contributed by atoms with Gasteiger partial charge in [0.25, 0.3) is 0 Å². The van der Waals surface area contributed by atoms with Gasteiger partial charge in [-0.1, -0.05) is 79.4 Å². The second-order valence-corrected chi connectivity index (χ2v) is 10.3. The van der Waals surface area contributed by atoms with Gasteiger partial charge in [0.2, 0.25) is 0 Å². The van der Waals surface area contributed by atoms with Crippen molar-refractivity contribution in [3.05, 3.63) is 181 Å². The van der Waals surface area contributed by atoms with Crippen LogP contribution in [0.3, 0.4) is 0 Å². The summed E-state index contributed by atoms with van der Waals surface area (Å²) in [6.45, 7) is 4.40. The molecule has 212 valence electrons. The molecule has 0 saturated carbocycles. The lowest BCUT2D eigenvalue weighted by Crippen LogP contribution is -2.09. The van der Waals surface area contributed by atoms with E-state index in [0.717, 1.165) is 46.0 Å². The van der Waals surface area contributed by atoms with Gasteiger partial charge in [-0.3, -0.25) is 15.0 Å². The van der Waals surface area contributed by atoms with Crippen LogP contribution in [0.1, 0.15) is 40.5 Å². The Morgan fingerprint density at radius 3 is 1.95 bits per heavy atom. The summed E-state index contributed by atoms with van der Waals surface area (Å²) in [6.07, 6.45) is 16.8. The summed E-state index contributed by atoms with van der Waals surface area (Å²) >= 11 is 0. The summed E-state index contributed by atoms with van der Waals surface area (Å²) in [5.41, 5.74) is 8.50. The first-order valence-corrected chi connectivity index (χ1v) is 14.3. The Labute approximate surface area is 254 Å². The molecule has 5 aromatic rings. The molecule has 0 radical (unpaired) electrons. The third-order valence-corrected chi connectivity index (χ3v) is 7.11. The van der Waals surface area contributed by atoms with Crippen molar-refractivity contribution in [2.45, 2.75) is 12.3 Å². The normalized spacial score (nSPS) is 13.0. The second kappa shape index (κ2) is 14.5. The Kier molecular flexibility index (Phi) is 9.78. The maximum atomic E-state index is 4.64. The van der Waals surface area contributed by atoms with E-state index in [1.54, 1.807) is 12.4 Å². The molecule has 0 saturated heterocycles. The highest BCUT2D eigenvalue weighted by atomic mass is 15.1. The van der Waals surface area contributed by atoms with Crippen molar-refractivity contribution >= 4 is 22.5 Å². The maximum absolute atomic E-state index is 4.64. The fraction of sp³-hybridized carbons (Fsp3) is 0.105. The number of hydrogen-bond donors (Lipinski definition) is 0. The lowest BCUT2D eigenvalue weighted by Gasteiger charge is -2.20. The fourth-order valence-corrected chi connectivity index (χ4v) is 4.85. The van der Waals surface area contributed by atoms with Gasteiger partial charge in [0, 0.05) is 38.9 Å². The summed E-state index contributed by atoms with van der Waals surface area (Å²) in [6, 6.07) is 32.5. The molecule has 1 aliphatic rings. The van der Waals surface area contributed by atoms with E-state index < -0.39 is 0 Å². The highest BCUT2D eigenvalue weighted by Crippen LogP contribution is 2.36. The molecule has 1 atom stereocenters. The Morgan fingerprint density at radius 2 is 1.37 bits per heavy atom. The quantitative estimate of drug-likeness (QED) is 0.200. The predicted octanol–water partition coefficient (Wildman–Crippen LogP) is 8.29. The summed E-state index contributed by atoms with van der Waals surface area (Å²) < 4.78 is 0. The van der Waals surface area contributed by atoms with Gasteiger partial charge < -0.3 is 4.90 Å². The van der Waals surface area contributed by atoms with E-state index in [2.05, 4.69) is 81.2 Å². The van der Waals surface area contributed by atoms with Crippen LogP contribution in [-0.2, 0) is 0 Å². The standard InChI is InChI=1S/C31H25N3.C7H10N2/c1-23(28-11-2-5-20-32-28)31(30-13-4-7-22-34-30)27-18-15-25(16-19-27)24-9-8-10-26(17-14-24)29-12-3-6-21-33-29;1-9(2)7-5-3-4-6-8-7/h2-8,10-22,31H,1,9H2;3-6H,1-2H3/t31-;/m1./s1. The molecule has 1 aromatic carbocycles. The minimum absolute atomic E-state index is 0.0659. The number of nitrogens with zero attached hydrogens (tertiary/aromatic N) is 5. The van der Waals surface area contributed by atoms with E-state index in [4.69, 9.17) is 0 Å². The van der Waals surface area contributed by atoms with Crippen LogP contribution in [-0.4, -0.2) is 34.0 Å². The smallest absolute Gasteiger partial charge is 0.127 e. The first-order chi connectivity index (χ1) is 21.1. The van der Waals surface area contributed by atoms with Crippen molar-refractivity contribution in [3.63, 3.8) is 0 Å². The monoisotopic (exact) mass is 561 g/mol. The highest BCUT2D eigenvalue weighted by molar-refractivity contribution is 5.80. The van der Waals surface area contributed by atoms with Crippen LogP contribution in [0.2, 0.25) is 0 Å². The number of rotatable bonds is 7. The molecule has 0 unspecified atom stereocenters. The topological polar surface area (TPSA) is 54.8 Å². The summed E-state index contributed by atoms with van der Waals surface area (Å²) in [7, 11) is 3.95. The molecule has 5 nitrogen and oxygen atoms in total. The van der Waals surface area contributed by atoms with Gasteiger partial charge in [-0.15, -0.1) is 0 Å². The third kappa shape index (κ3) is 7.66. The van der Waals surface area contributed by atoms with E-state index >= 15 is 0 Å². The molecule has 0 bridgehead atoms. The van der Waals surface area contributed by atoms with Crippen molar-refractivity contribution in [3.8, 4) is 0 Å². The first-order valence-electron chi connectivity index (χ1n) is 14.3. The van der Waals surface area contributed by atoms with Gasteiger partial charge in [0.1, 0.15) is 5.82 Å². The van der Waals surface area contributed by atoms with Crippen molar-refractivity contribution in [2.24, 2.45) is 0 Å². The number of benzene rings is 1. The summed E-state index contributed by atoms with van der Waals surface area (Å²) in [5, 5.41) is 0.